The van der Waals surface area contributed by atoms with E-state index in [1.165, 1.54) is 0 Å². The highest BCUT2D eigenvalue weighted by molar-refractivity contribution is 5.91. The largest absolute Gasteiger partial charge is 0.423 e. The first-order chi connectivity index (χ1) is 12.3. The molecule has 132 valence electrons. The summed E-state index contributed by atoms with van der Waals surface area (Å²) >= 11 is 0. The first-order valence-electron chi connectivity index (χ1n) is 8.63. The predicted octanol–water partition coefficient (Wildman–Crippen LogP) is 4.40. The highest BCUT2D eigenvalue weighted by atomic mass is 16.5. The van der Waals surface area contributed by atoms with E-state index in [9.17, 15) is 9.59 Å². The van der Waals surface area contributed by atoms with Crippen LogP contribution in [0.25, 0.3) is 0 Å². The summed E-state index contributed by atoms with van der Waals surface area (Å²) in [5.41, 5.74) is 1.45. The fraction of sp³-hybridized carbons (Fsp3) is 0.333. The molecule has 0 aliphatic heterocycles. The molecule has 25 heavy (non-hydrogen) atoms. The van der Waals surface area contributed by atoms with Crippen LogP contribution < -0.4 is 4.74 Å². The summed E-state index contributed by atoms with van der Waals surface area (Å²) in [6, 6.07) is 16.5. The fourth-order valence-corrected chi connectivity index (χ4v) is 2.68. The maximum absolute atomic E-state index is 12.4. The summed E-state index contributed by atoms with van der Waals surface area (Å²) in [6.07, 6.45) is 3.04. The normalized spacial score (nSPS) is 11.7. The number of hydrogen-bond acceptors (Lipinski definition) is 4. The van der Waals surface area contributed by atoms with Gasteiger partial charge in [0.05, 0.1) is 12.2 Å². The standard InChI is InChI=1S/C21H24O4/c1-2-24-16-18(12-8-9-15-22)19-13-6-7-14-20(19)25-21(23)17-10-4-3-5-11-17/h3-7,10-11,13-15,18H,2,8-9,12,16H2,1H3. The van der Waals surface area contributed by atoms with Crippen molar-refractivity contribution in [3.05, 3.63) is 65.7 Å². The van der Waals surface area contributed by atoms with E-state index in [0.29, 0.717) is 30.9 Å². The van der Waals surface area contributed by atoms with Gasteiger partial charge in [-0.1, -0.05) is 36.4 Å². The second-order valence-corrected chi connectivity index (χ2v) is 5.75. The van der Waals surface area contributed by atoms with E-state index in [-0.39, 0.29) is 11.9 Å². The number of hydrogen-bond donors (Lipinski definition) is 0. The molecule has 2 aromatic rings. The van der Waals surface area contributed by atoms with Crippen LogP contribution in [0.4, 0.5) is 0 Å². The third-order valence-electron chi connectivity index (χ3n) is 3.97. The Kier molecular flexibility index (Phi) is 7.86. The first-order valence-corrected chi connectivity index (χ1v) is 8.63. The molecule has 2 aromatic carbocycles. The molecule has 4 heteroatoms. The van der Waals surface area contributed by atoms with E-state index < -0.39 is 0 Å². The van der Waals surface area contributed by atoms with Crippen molar-refractivity contribution < 1.29 is 19.1 Å². The Labute approximate surface area is 148 Å². The van der Waals surface area contributed by atoms with Gasteiger partial charge in [0, 0.05) is 24.5 Å². The molecule has 0 fully saturated rings. The van der Waals surface area contributed by atoms with Gasteiger partial charge in [-0.05, 0) is 38.0 Å². The first kappa shape index (κ1) is 18.9. The Hall–Kier alpha value is -2.46. The number of carbonyl (C=O) groups is 2. The van der Waals surface area contributed by atoms with Crippen LogP contribution in [0.5, 0.6) is 5.75 Å². The molecule has 0 aromatic heterocycles. The number of aldehydes is 1. The van der Waals surface area contributed by atoms with Crippen LogP contribution in [0.3, 0.4) is 0 Å². The minimum Gasteiger partial charge on any atom is -0.423 e. The quantitative estimate of drug-likeness (QED) is 0.278. The highest BCUT2D eigenvalue weighted by Crippen LogP contribution is 2.31. The maximum atomic E-state index is 12.4. The molecule has 0 aliphatic carbocycles. The minimum atomic E-state index is -0.379. The Morgan fingerprint density at radius 2 is 1.80 bits per heavy atom. The van der Waals surface area contributed by atoms with E-state index in [4.69, 9.17) is 9.47 Å². The number of rotatable bonds is 10. The van der Waals surface area contributed by atoms with Crippen LogP contribution in [-0.2, 0) is 9.53 Å². The third kappa shape index (κ3) is 5.84. The van der Waals surface area contributed by atoms with Gasteiger partial charge in [-0.25, -0.2) is 4.79 Å². The predicted molar refractivity (Wildman–Crippen MR) is 97.0 cm³/mol. The Bertz CT molecular complexity index is 667. The van der Waals surface area contributed by atoms with Gasteiger partial charge >= 0.3 is 5.97 Å². The monoisotopic (exact) mass is 340 g/mol. The third-order valence-corrected chi connectivity index (χ3v) is 3.97. The Morgan fingerprint density at radius 3 is 2.52 bits per heavy atom. The summed E-state index contributed by atoms with van der Waals surface area (Å²) in [7, 11) is 0. The SMILES string of the molecule is CCOCC(CCCC=O)c1ccccc1OC(=O)c1ccccc1. The lowest BCUT2D eigenvalue weighted by atomic mass is 9.93. The molecule has 0 saturated heterocycles. The van der Waals surface area contributed by atoms with Gasteiger partial charge in [-0.2, -0.15) is 0 Å². The van der Waals surface area contributed by atoms with Crippen LogP contribution in [0, 0.1) is 0 Å². The summed E-state index contributed by atoms with van der Waals surface area (Å²) in [5.74, 6) is 0.253. The number of carbonyl (C=O) groups excluding carboxylic acids is 2. The van der Waals surface area contributed by atoms with Gasteiger partial charge in [0.25, 0.3) is 0 Å². The van der Waals surface area contributed by atoms with Crippen LogP contribution in [0.15, 0.2) is 54.6 Å². The zero-order chi connectivity index (χ0) is 17.9. The van der Waals surface area contributed by atoms with Crippen LogP contribution in [0.2, 0.25) is 0 Å². The molecule has 1 unspecified atom stereocenters. The van der Waals surface area contributed by atoms with Gasteiger partial charge in [0.2, 0.25) is 0 Å². The maximum Gasteiger partial charge on any atom is 0.343 e. The van der Waals surface area contributed by atoms with Crippen molar-refractivity contribution in [1.29, 1.82) is 0 Å². The minimum absolute atomic E-state index is 0.0830. The van der Waals surface area contributed by atoms with Crippen LogP contribution in [0.1, 0.15) is 48.0 Å². The van der Waals surface area contributed by atoms with Gasteiger partial charge in [0.1, 0.15) is 12.0 Å². The van der Waals surface area contributed by atoms with E-state index in [0.717, 1.165) is 24.7 Å². The smallest absolute Gasteiger partial charge is 0.343 e. The number of para-hydroxylation sites is 1. The molecule has 0 heterocycles. The lowest BCUT2D eigenvalue weighted by molar-refractivity contribution is -0.108. The van der Waals surface area contributed by atoms with Gasteiger partial charge in [0.15, 0.2) is 0 Å². The van der Waals surface area contributed by atoms with E-state index in [1.807, 2.05) is 31.2 Å². The second kappa shape index (κ2) is 10.4. The molecular formula is C21H24O4. The van der Waals surface area contributed by atoms with Crippen LogP contribution >= 0.6 is 0 Å². The number of ether oxygens (including phenoxy) is 2. The fourth-order valence-electron chi connectivity index (χ4n) is 2.68. The molecule has 0 saturated carbocycles. The molecule has 0 amide bonds. The number of unbranched alkanes of at least 4 members (excludes halogenated alkanes) is 1. The molecule has 1 atom stereocenters. The molecule has 0 bridgehead atoms. The van der Waals surface area contributed by atoms with Gasteiger partial charge in [-0.3, -0.25) is 0 Å². The summed E-state index contributed by atoms with van der Waals surface area (Å²) in [6.45, 7) is 3.11. The van der Waals surface area contributed by atoms with Gasteiger partial charge < -0.3 is 14.3 Å². The van der Waals surface area contributed by atoms with Crippen molar-refractivity contribution in [3.63, 3.8) is 0 Å². The summed E-state index contributed by atoms with van der Waals surface area (Å²) in [5, 5.41) is 0. The lowest BCUT2D eigenvalue weighted by Crippen LogP contribution is -2.14. The van der Waals surface area contributed by atoms with E-state index >= 15 is 0 Å². The Balaban J connectivity index is 2.18. The van der Waals surface area contributed by atoms with Crippen molar-refractivity contribution in [3.8, 4) is 5.75 Å². The van der Waals surface area contributed by atoms with Crippen LogP contribution in [-0.4, -0.2) is 25.5 Å². The molecule has 0 N–H and O–H groups in total. The number of esters is 1. The average Bonchev–Trinajstić information content (AvgIpc) is 2.66. The molecule has 4 nitrogen and oxygen atoms in total. The lowest BCUT2D eigenvalue weighted by Gasteiger charge is -2.20. The average molecular weight is 340 g/mol. The zero-order valence-electron chi connectivity index (χ0n) is 14.5. The topological polar surface area (TPSA) is 52.6 Å². The van der Waals surface area contributed by atoms with Crippen molar-refractivity contribution in [1.82, 2.24) is 0 Å². The van der Waals surface area contributed by atoms with E-state index in [1.54, 1.807) is 30.3 Å². The number of benzene rings is 2. The molecule has 0 spiro atoms. The zero-order valence-corrected chi connectivity index (χ0v) is 14.5. The summed E-state index contributed by atoms with van der Waals surface area (Å²) < 4.78 is 11.2. The van der Waals surface area contributed by atoms with E-state index in [2.05, 4.69) is 0 Å². The highest BCUT2D eigenvalue weighted by Gasteiger charge is 2.18. The molecule has 0 aliphatic rings. The van der Waals surface area contributed by atoms with Crippen molar-refractivity contribution in [2.75, 3.05) is 13.2 Å². The molecule has 2 rings (SSSR count). The van der Waals surface area contributed by atoms with Crippen molar-refractivity contribution in [2.24, 2.45) is 0 Å². The summed E-state index contributed by atoms with van der Waals surface area (Å²) in [4.78, 5) is 23.0. The van der Waals surface area contributed by atoms with Crippen molar-refractivity contribution >= 4 is 12.3 Å². The Morgan fingerprint density at radius 1 is 1.08 bits per heavy atom. The van der Waals surface area contributed by atoms with Crippen molar-refractivity contribution in [2.45, 2.75) is 32.1 Å². The molecular weight excluding hydrogens is 316 g/mol. The van der Waals surface area contributed by atoms with Gasteiger partial charge in [-0.15, -0.1) is 0 Å². The second-order valence-electron chi connectivity index (χ2n) is 5.75. The molecule has 0 radical (unpaired) electrons.